The molecule has 0 saturated heterocycles. The van der Waals surface area contributed by atoms with Gasteiger partial charge in [0.05, 0.1) is 0 Å². The predicted molar refractivity (Wildman–Crippen MR) is 34.0 cm³/mol. The van der Waals surface area contributed by atoms with Crippen molar-refractivity contribution in [1.82, 2.24) is 0 Å². The molecule has 0 saturated carbocycles. The fraction of sp³-hybridized carbons (Fsp3) is 0.333. The second-order valence-corrected chi connectivity index (χ2v) is 3.94. The standard InChI is InChI=1S/C6H7.3FH.Hf/c1-6-4-2-3-5-6;;;;/h2,4H,3H2,1H3;3*1H;. The molecule has 59 valence electrons. The smallest absolute Gasteiger partial charge is 0.269 e. The zero-order valence-electron chi connectivity index (χ0n) is 5.59. The molecule has 0 fully saturated rings. The molecule has 0 aliphatic heterocycles. The Morgan fingerprint density at radius 3 is 1.90 bits per heavy atom. The third-order valence-corrected chi connectivity index (χ3v) is 3.32. The van der Waals surface area contributed by atoms with E-state index in [0.717, 1.165) is 0 Å². The summed E-state index contributed by atoms with van der Waals surface area (Å²) >= 11 is 1.25. The van der Waals surface area contributed by atoms with E-state index in [1.54, 1.807) is 3.33 Å². The first-order valence-electron chi connectivity index (χ1n) is 2.38. The van der Waals surface area contributed by atoms with Gasteiger partial charge in [0.1, 0.15) is 0 Å². The molecule has 4 heteroatoms. The van der Waals surface area contributed by atoms with Gasteiger partial charge < -0.3 is 0 Å². The van der Waals surface area contributed by atoms with Gasteiger partial charge in [-0.2, -0.15) is 0 Å². The van der Waals surface area contributed by atoms with Crippen molar-refractivity contribution in [2.24, 2.45) is 0 Å². The van der Waals surface area contributed by atoms with Crippen LogP contribution < -0.4 is 0 Å². The normalized spacial score (nSPS) is 13.2. The summed E-state index contributed by atoms with van der Waals surface area (Å²) in [5.74, 6) is 0. The first-order valence-corrected chi connectivity index (χ1v) is 4.18. The van der Waals surface area contributed by atoms with Crippen molar-refractivity contribution in [3.63, 3.8) is 0 Å². The summed E-state index contributed by atoms with van der Waals surface area (Å²) in [6, 6.07) is 0. The molecule has 1 rings (SSSR count). The van der Waals surface area contributed by atoms with Crippen LogP contribution in [0.25, 0.3) is 0 Å². The van der Waals surface area contributed by atoms with Crippen molar-refractivity contribution in [1.29, 1.82) is 0 Å². The number of hydrogen-bond acceptors (Lipinski definition) is 0. The topological polar surface area (TPSA) is 0 Å². The summed E-state index contributed by atoms with van der Waals surface area (Å²) in [6.45, 7) is 2.19. The van der Waals surface area contributed by atoms with Crippen molar-refractivity contribution >= 4 is 0 Å². The van der Waals surface area contributed by atoms with Crippen LogP contribution in [0.5, 0.6) is 0 Å². The molecule has 0 amide bonds. The second kappa shape index (κ2) is 7.25. The van der Waals surface area contributed by atoms with Crippen LogP contribution in [0.3, 0.4) is 0 Å². The first-order chi connectivity index (χ1) is 3.30. The van der Waals surface area contributed by atoms with Gasteiger partial charge in [0.2, 0.25) is 0 Å². The number of hydrogen-bond donors (Lipinski definition) is 0. The first kappa shape index (κ1) is 16.6. The van der Waals surface area contributed by atoms with Gasteiger partial charge in [0.15, 0.2) is 0 Å². The molecular weight excluding hydrogens is 308 g/mol. The molecule has 0 aromatic rings. The van der Waals surface area contributed by atoms with Crippen LogP contribution in [-0.4, -0.2) is 0 Å². The van der Waals surface area contributed by atoms with E-state index < -0.39 is 0 Å². The van der Waals surface area contributed by atoms with Crippen molar-refractivity contribution < 1.29 is 38.5 Å². The fourth-order valence-electron chi connectivity index (χ4n) is 0.615. The zero-order valence-corrected chi connectivity index (χ0v) is 9.18. The maximum absolute atomic E-state index is 2.23. The fourth-order valence-corrected chi connectivity index (χ4v) is 1.34. The van der Waals surface area contributed by atoms with E-state index in [4.69, 9.17) is 0 Å². The van der Waals surface area contributed by atoms with Crippen LogP contribution in [0.15, 0.2) is 21.1 Å². The van der Waals surface area contributed by atoms with E-state index in [2.05, 4.69) is 19.1 Å². The Bertz CT molecular complexity index is 140. The molecule has 1 aliphatic rings. The molecule has 0 bridgehead atoms. The van der Waals surface area contributed by atoms with Gasteiger partial charge in [0.25, 0.3) is 0 Å². The van der Waals surface area contributed by atoms with E-state index in [0.29, 0.717) is 0 Å². The molecule has 0 aromatic heterocycles. The van der Waals surface area contributed by atoms with Crippen LogP contribution >= 0.6 is 0 Å². The molecule has 10 heavy (non-hydrogen) atoms. The van der Waals surface area contributed by atoms with Crippen LogP contribution in [0.4, 0.5) is 14.1 Å². The summed E-state index contributed by atoms with van der Waals surface area (Å²) in [5.41, 5.74) is 1.51. The van der Waals surface area contributed by atoms with Crippen LogP contribution in [0.1, 0.15) is 13.3 Å². The Hall–Kier alpha value is 0.140. The summed E-state index contributed by atoms with van der Waals surface area (Å²) < 4.78 is 1.65. The molecule has 0 N–H and O–H groups in total. The average Bonchev–Trinajstić information content (AvgIpc) is 1.91. The molecule has 0 atom stereocenters. The molecule has 1 aliphatic carbocycles. The van der Waals surface area contributed by atoms with Gasteiger partial charge in [-0.3, -0.25) is 14.1 Å². The van der Waals surface area contributed by atoms with Gasteiger partial charge >= 0.3 is 58.8 Å². The minimum absolute atomic E-state index is 0. The molecule has 0 radical (unpaired) electrons. The van der Waals surface area contributed by atoms with Crippen molar-refractivity contribution in [2.75, 3.05) is 0 Å². The maximum Gasteiger partial charge on any atom is -0.269 e. The van der Waals surface area contributed by atoms with Gasteiger partial charge in [-0.05, 0) is 0 Å². The Morgan fingerprint density at radius 1 is 1.30 bits per heavy atom. The Kier molecular flexibility index (Phi) is 12.0. The van der Waals surface area contributed by atoms with Gasteiger partial charge in [-0.1, -0.05) is 0 Å². The van der Waals surface area contributed by atoms with Crippen LogP contribution in [0.2, 0.25) is 0 Å². The monoisotopic (exact) mass is 319 g/mol. The molecule has 0 heterocycles. The van der Waals surface area contributed by atoms with E-state index in [-0.39, 0.29) is 14.1 Å². The van der Waals surface area contributed by atoms with Gasteiger partial charge in [-0.15, -0.1) is 0 Å². The van der Waals surface area contributed by atoms with E-state index >= 15 is 0 Å². The SMILES string of the molecule is CC1=[C]([Hf])CC=C1.F.F.F. The van der Waals surface area contributed by atoms with E-state index in [9.17, 15) is 0 Å². The summed E-state index contributed by atoms with van der Waals surface area (Å²) in [7, 11) is 0. The molecule has 0 nitrogen and oxygen atoms in total. The molecule has 0 unspecified atom stereocenters. The third kappa shape index (κ3) is 4.04. The maximum atomic E-state index is 2.23. The quantitative estimate of drug-likeness (QED) is 0.601. The summed E-state index contributed by atoms with van der Waals surface area (Å²) in [5, 5.41) is 0. The second-order valence-electron chi connectivity index (χ2n) is 1.77. The number of halogens is 3. The van der Waals surface area contributed by atoms with Gasteiger partial charge in [0, 0.05) is 0 Å². The third-order valence-electron chi connectivity index (χ3n) is 1.17. The minimum atomic E-state index is 0. The van der Waals surface area contributed by atoms with E-state index in [1.807, 2.05) is 0 Å². The Labute approximate surface area is 73.1 Å². The average molecular weight is 318 g/mol. The van der Waals surface area contributed by atoms with Crippen molar-refractivity contribution in [2.45, 2.75) is 13.3 Å². The van der Waals surface area contributed by atoms with Gasteiger partial charge in [-0.25, -0.2) is 0 Å². The molecule has 0 aromatic carbocycles. The Morgan fingerprint density at radius 2 is 1.80 bits per heavy atom. The zero-order chi connectivity index (χ0) is 5.28. The largest absolute Gasteiger partial charge is 0.269 e. The van der Waals surface area contributed by atoms with Crippen LogP contribution in [-0.2, 0) is 24.4 Å². The number of rotatable bonds is 0. The Balaban J connectivity index is -0.000000163. The molecule has 0 spiro atoms. The number of allylic oxidation sites excluding steroid dienone is 4. The predicted octanol–water partition coefficient (Wildman–Crippen LogP) is 2.22. The van der Waals surface area contributed by atoms with Crippen molar-refractivity contribution in [3.05, 3.63) is 21.1 Å². The van der Waals surface area contributed by atoms with Crippen LogP contribution in [0, 0.1) is 0 Å². The van der Waals surface area contributed by atoms with E-state index in [1.165, 1.54) is 36.4 Å². The summed E-state index contributed by atoms with van der Waals surface area (Å²) in [6.07, 6.45) is 5.68. The van der Waals surface area contributed by atoms with Crippen molar-refractivity contribution in [3.8, 4) is 0 Å². The minimum Gasteiger partial charge on any atom is -0.269 e. The molecular formula is C6H10F3Hf. The summed E-state index contributed by atoms with van der Waals surface area (Å²) in [4.78, 5) is 0.